The second-order valence-corrected chi connectivity index (χ2v) is 8.01. The van der Waals surface area contributed by atoms with Crippen LogP contribution in [0, 0.1) is 5.92 Å². The highest BCUT2D eigenvalue weighted by Crippen LogP contribution is 2.31. The Hall–Kier alpha value is -2.34. The fourth-order valence-electron chi connectivity index (χ4n) is 3.39. The minimum Gasteiger partial charge on any atom is -0.469 e. The number of amides is 1. The molecule has 6 nitrogen and oxygen atoms in total. The van der Waals surface area contributed by atoms with Crippen molar-refractivity contribution >= 4 is 12.1 Å². The lowest BCUT2D eigenvalue weighted by Crippen LogP contribution is -2.45. The van der Waals surface area contributed by atoms with Crippen molar-refractivity contribution < 1.29 is 23.8 Å². The van der Waals surface area contributed by atoms with E-state index in [-0.39, 0.29) is 18.1 Å². The molecule has 3 atom stereocenters. The van der Waals surface area contributed by atoms with Crippen LogP contribution in [0.2, 0.25) is 0 Å². The molecule has 1 amide bonds. The fourth-order valence-corrected chi connectivity index (χ4v) is 3.39. The first kappa shape index (κ1) is 22.0. The Bertz CT molecular complexity index is 667. The molecular formula is C22H31NO5. The summed E-state index contributed by atoms with van der Waals surface area (Å²) in [6.07, 6.45) is 2.00. The van der Waals surface area contributed by atoms with Gasteiger partial charge in [0.15, 0.2) is 0 Å². The van der Waals surface area contributed by atoms with Crippen molar-refractivity contribution in [3.8, 4) is 0 Å². The maximum Gasteiger partial charge on any atom is 0.410 e. The molecule has 2 rings (SSSR count). The van der Waals surface area contributed by atoms with Crippen LogP contribution in [-0.2, 0) is 25.6 Å². The standard InChI is InChI=1S/C22H31NO5/c1-6-10-18(20(24)26-5)19-13-17(27-15-16-11-8-7-9-12-16)14-23(19)21(25)28-22(2,3)4/h6-9,11-12,17-19H,1,10,13-15H2,2-5H3/t17-,18?,19+/m0/s1. The first-order valence-electron chi connectivity index (χ1n) is 9.59. The van der Waals surface area contributed by atoms with Crippen LogP contribution in [0.25, 0.3) is 0 Å². The first-order chi connectivity index (χ1) is 13.2. The predicted octanol–water partition coefficient (Wildman–Crippen LogP) is 3.95. The summed E-state index contributed by atoms with van der Waals surface area (Å²) in [6.45, 7) is 10.0. The maximum atomic E-state index is 12.8. The van der Waals surface area contributed by atoms with Crippen LogP contribution in [0.15, 0.2) is 43.0 Å². The van der Waals surface area contributed by atoms with Gasteiger partial charge in [-0.15, -0.1) is 6.58 Å². The molecule has 0 aromatic heterocycles. The molecule has 0 radical (unpaired) electrons. The number of nitrogens with zero attached hydrogens (tertiary/aromatic N) is 1. The van der Waals surface area contributed by atoms with Gasteiger partial charge in [-0.1, -0.05) is 36.4 Å². The number of carbonyl (C=O) groups excluding carboxylic acids is 2. The smallest absolute Gasteiger partial charge is 0.410 e. The molecule has 0 N–H and O–H groups in total. The third-order valence-electron chi connectivity index (χ3n) is 4.65. The number of benzene rings is 1. The Morgan fingerprint density at radius 1 is 1.29 bits per heavy atom. The van der Waals surface area contributed by atoms with E-state index in [2.05, 4.69) is 6.58 Å². The van der Waals surface area contributed by atoms with Gasteiger partial charge in [0.1, 0.15) is 5.60 Å². The molecule has 1 aliphatic heterocycles. The van der Waals surface area contributed by atoms with E-state index in [0.29, 0.717) is 26.0 Å². The van der Waals surface area contributed by atoms with E-state index in [0.717, 1.165) is 5.56 Å². The van der Waals surface area contributed by atoms with Gasteiger partial charge in [-0.25, -0.2) is 4.79 Å². The Kier molecular flexibility index (Phi) is 7.63. The Morgan fingerprint density at radius 2 is 1.96 bits per heavy atom. The van der Waals surface area contributed by atoms with E-state index in [1.807, 2.05) is 51.1 Å². The molecule has 6 heteroatoms. The predicted molar refractivity (Wildman–Crippen MR) is 107 cm³/mol. The topological polar surface area (TPSA) is 65.1 Å². The fraction of sp³-hybridized carbons (Fsp3) is 0.545. The van der Waals surface area contributed by atoms with Gasteiger partial charge in [-0.05, 0) is 39.2 Å². The van der Waals surface area contributed by atoms with Crippen molar-refractivity contribution in [3.05, 3.63) is 48.6 Å². The number of rotatable bonds is 7. The Balaban J connectivity index is 2.15. The number of esters is 1. The van der Waals surface area contributed by atoms with Crippen LogP contribution in [0.1, 0.15) is 39.2 Å². The van der Waals surface area contributed by atoms with Crippen LogP contribution in [0.3, 0.4) is 0 Å². The molecule has 0 spiro atoms. The van der Waals surface area contributed by atoms with Crippen molar-refractivity contribution in [2.75, 3.05) is 13.7 Å². The summed E-state index contributed by atoms with van der Waals surface area (Å²) in [6, 6.07) is 9.50. The summed E-state index contributed by atoms with van der Waals surface area (Å²) in [7, 11) is 1.36. The quantitative estimate of drug-likeness (QED) is 0.522. The van der Waals surface area contributed by atoms with E-state index in [9.17, 15) is 9.59 Å². The number of ether oxygens (including phenoxy) is 3. The average molecular weight is 389 g/mol. The van der Waals surface area contributed by atoms with Crippen LogP contribution in [-0.4, -0.2) is 48.4 Å². The molecular weight excluding hydrogens is 358 g/mol. The Labute approximate surface area is 167 Å². The average Bonchev–Trinajstić information content (AvgIpc) is 3.07. The molecule has 1 fully saturated rings. The van der Waals surface area contributed by atoms with Crippen molar-refractivity contribution in [1.29, 1.82) is 0 Å². The number of allylic oxidation sites excluding steroid dienone is 1. The van der Waals surface area contributed by atoms with Crippen LogP contribution >= 0.6 is 0 Å². The van der Waals surface area contributed by atoms with E-state index < -0.39 is 17.6 Å². The number of hydrogen-bond donors (Lipinski definition) is 0. The highest BCUT2D eigenvalue weighted by atomic mass is 16.6. The minimum absolute atomic E-state index is 0.185. The lowest BCUT2D eigenvalue weighted by atomic mass is 9.93. The van der Waals surface area contributed by atoms with Crippen LogP contribution < -0.4 is 0 Å². The minimum atomic E-state index is -0.621. The molecule has 1 saturated heterocycles. The number of hydrogen-bond acceptors (Lipinski definition) is 5. The van der Waals surface area contributed by atoms with Gasteiger partial charge in [0.2, 0.25) is 0 Å². The number of methoxy groups -OCH3 is 1. The zero-order valence-corrected chi connectivity index (χ0v) is 17.2. The Morgan fingerprint density at radius 3 is 2.54 bits per heavy atom. The van der Waals surface area contributed by atoms with E-state index >= 15 is 0 Å². The second-order valence-electron chi connectivity index (χ2n) is 8.01. The normalized spacial score (nSPS) is 20.5. The number of likely N-dealkylation sites (tertiary alicyclic amines) is 1. The van der Waals surface area contributed by atoms with Gasteiger partial charge >= 0.3 is 12.1 Å². The third-order valence-corrected chi connectivity index (χ3v) is 4.65. The van der Waals surface area contributed by atoms with Gasteiger partial charge in [-0.2, -0.15) is 0 Å². The van der Waals surface area contributed by atoms with E-state index in [1.165, 1.54) is 7.11 Å². The summed E-state index contributed by atoms with van der Waals surface area (Å²) in [4.78, 5) is 26.7. The molecule has 154 valence electrons. The number of carbonyl (C=O) groups is 2. The van der Waals surface area contributed by atoms with Gasteiger partial charge < -0.3 is 19.1 Å². The molecule has 1 aromatic rings. The van der Waals surface area contributed by atoms with Gasteiger partial charge in [0.25, 0.3) is 0 Å². The monoisotopic (exact) mass is 389 g/mol. The summed E-state index contributed by atoms with van der Waals surface area (Å²) >= 11 is 0. The highest BCUT2D eigenvalue weighted by Gasteiger charge is 2.44. The largest absolute Gasteiger partial charge is 0.469 e. The van der Waals surface area contributed by atoms with Crippen molar-refractivity contribution in [3.63, 3.8) is 0 Å². The molecule has 0 bridgehead atoms. The SMILES string of the molecule is C=CCC(C(=O)OC)[C@H]1C[C@H](OCc2ccccc2)CN1C(=O)OC(C)(C)C. The molecule has 28 heavy (non-hydrogen) atoms. The lowest BCUT2D eigenvalue weighted by molar-refractivity contribution is -0.147. The third kappa shape index (κ3) is 6.09. The van der Waals surface area contributed by atoms with Gasteiger partial charge in [-0.3, -0.25) is 4.79 Å². The van der Waals surface area contributed by atoms with E-state index in [4.69, 9.17) is 14.2 Å². The summed E-state index contributed by atoms with van der Waals surface area (Å²) in [5, 5.41) is 0. The molecule has 0 aliphatic carbocycles. The zero-order chi connectivity index (χ0) is 20.7. The molecule has 1 aliphatic rings. The lowest BCUT2D eigenvalue weighted by Gasteiger charge is -2.31. The van der Waals surface area contributed by atoms with Crippen LogP contribution in [0.4, 0.5) is 4.79 Å². The molecule has 1 unspecified atom stereocenters. The van der Waals surface area contributed by atoms with E-state index in [1.54, 1.807) is 11.0 Å². The highest BCUT2D eigenvalue weighted by molar-refractivity contribution is 5.76. The zero-order valence-electron chi connectivity index (χ0n) is 17.2. The van der Waals surface area contributed by atoms with Crippen molar-refractivity contribution in [2.45, 2.75) is 58.0 Å². The summed E-state index contributed by atoms with van der Waals surface area (Å²) in [5.74, 6) is -0.859. The second kappa shape index (κ2) is 9.73. The first-order valence-corrected chi connectivity index (χ1v) is 9.59. The summed E-state index contributed by atoms with van der Waals surface area (Å²) < 4.78 is 16.6. The van der Waals surface area contributed by atoms with Crippen molar-refractivity contribution in [2.24, 2.45) is 5.92 Å². The molecule has 1 aromatic carbocycles. The van der Waals surface area contributed by atoms with Gasteiger partial charge in [0.05, 0.1) is 38.3 Å². The summed E-state index contributed by atoms with van der Waals surface area (Å²) in [5.41, 5.74) is 0.439. The maximum absolute atomic E-state index is 12.8. The van der Waals surface area contributed by atoms with Gasteiger partial charge in [0, 0.05) is 0 Å². The molecule has 0 saturated carbocycles. The van der Waals surface area contributed by atoms with Crippen molar-refractivity contribution in [1.82, 2.24) is 4.90 Å². The van der Waals surface area contributed by atoms with Crippen LogP contribution in [0.5, 0.6) is 0 Å². The molecule has 1 heterocycles.